The number of aliphatic hydroxyl groups excluding tert-OH is 1. The zero-order valence-electron chi connectivity index (χ0n) is 21.9. The van der Waals surface area contributed by atoms with Crippen LogP contribution in [-0.2, 0) is 38.0 Å². The van der Waals surface area contributed by atoms with Gasteiger partial charge in [0.25, 0.3) is 0 Å². The van der Waals surface area contributed by atoms with E-state index in [-0.39, 0.29) is 41.5 Å². The fourth-order valence-corrected chi connectivity index (χ4v) is 8.48. The van der Waals surface area contributed by atoms with E-state index in [1.807, 2.05) is 13.8 Å². The Morgan fingerprint density at radius 3 is 2.56 bits per heavy atom. The van der Waals surface area contributed by atoms with Crippen LogP contribution in [0.5, 0.6) is 0 Å². The molecule has 0 amide bonds. The number of ether oxygens (including phenoxy) is 6. The molecule has 0 radical (unpaired) electrons. The molecule has 36 heavy (non-hydrogen) atoms. The van der Waals surface area contributed by atoms with Crippen molar-refractivity contribution in [3.8, 4) is 0 Å². The van der Waals surface area contributed by atoms with Gasteiger partial charge in [-0.05, 0) is 43.9 Å². The van der Waals surface area contributed by atoms with Crippen LogP contribution in [0.4, 0.5) is 0 Å². The predicted molar refractivity (Wildman–Crippen MR) is 124 cm³/mol. The molecule has 1 unspecified atom stereocenters. The average Bonchev–Trinajstić information content (AvgIpc) is 3.32. The molecule has 0 aromatic rings. The minimum atomic E-state index is -1.04. The molecule has 5 aliphatic heterocycles. The van der Waals surface area contributed by atoms with E-state index in [2.05, 4.69) is 13.8 Å². The molecule has 5 heterocycles. The highest BCUT2D eigenvalue weighted by Crippen LogP contribution is 2.74. The topological polar surface area (TPSA) is 113 Å². The third-order valence-corrected chi connectivity index (χ3v) is 10.9. The van der Waals surface area contributed by atoms with E-state index in [0.717, 1.165) is 19.4 Å². The maximum Gasteiger partial charge on any atom is 0.310 e. The number of rotatable bonds is 5. The van der Waals surface area contributed by atoms with Crippen molar-refractivity contribution in [2.24, 2.45) is 34.5 Å². The van der Waals surface area contributed by atoms with Crippen LogP contribution in [-0.4, -0.2) is 72.9 Å². The van der Waals surface area contributed by atoms with E-state index in [1.54, 1.807) is 0 Å². The molecule has 7 aliphatic rings. The summed E-state index contributed by atoms with van der Waals surface area (Å²) in [5.41, 5.74) is -2.39. The van der Waals surface area contributed by atoms with Gasteiger partial charge in [0.05, 0.1) is 31.3 Å². The second-order valence-corrected chi connectivity index (χ2v) is 12.3. The maximum absolute atomic E-state index is 13.1. The smallest absolute Gasteiger partial charge is 0.310 e. The van der Waals surface area contributed by atoms with Crippen LogP contribution in [0, 0.1) is 34.5 Å². The molecule has 2 bridgehead atoms. The number of hydrogen-bond acceptors (Lipinski definition) is 9. The molecule has 7 fully saturated rings. The zero-order chi connectivity index (χ0) is 25.6. The molecule has 7 rings (SSSR count). The number of esters is 2. The van der Waals surface area contributed by atoms with E-state index in [9.17, 15) is 14.7 Å². The van der Waals surface area contributed by atoms with Crippen molar-refractivity contribution in [3.63, 3.8) is 0 Å². The van der Waals surface area contributed by atoms with Gasteiger partial charge in [0.1, 0.15) is 23.2 Å². The summed E-state index contributed by atoms with van der Waals surface area (Å²) >= 11 is 0. The largest absolute Gasteiger partial charge is 0.462 e. The van der Waals surface area contributed by atoms with Gasteiger partial charge >= 0.3 is 11.9 Å². The summed E-state index contributed by atoms with van der Waals surface area (Å²) in [4.78, 5) is 25.5. The first-order valence-corrected chi connectivity index (χ1v) is 13.7. The Hall–Kier alpha value is -1.26. The zero-order valence-corrected chi connectivity index (χ0v) is 21.9. The highest BCUT2D eigenvalue weighted by atomic mass is 16.7. The van der Waals surface area contributed by atoms with Crippen molar-refractivity contribution in [1.29, 1.82) is 0 Å². The lowest BCUT2D eigenvalue weighted by Gasteiger charge is -2.69. The van der Waals surface area contributed by atoms with Crippen molar-refractivity contribution in [2.75, 3.05) is 13.2 Å². The lowest BCUT2D eigenvalue weighted by Crippen LogP contribution is -2.80. The molecule has 0 aromatic heterocycles. The van der Waals surface area contributed by atoms with E-state index in [4.69, 9.17) is 28.4 Å². The van der Waals surface area contributed by atoms with E-state index in [1.165, 1.54) is 6.92 Å². The van der Waals surface area contributed by atoms with Crippen LogP contribution in [0.15, 0.2) is 0 Å². The average molecular weight is 509 g/mol. The second kappa shape index (κ2) is 8.37. The summed E-state index contributed by atoms with van der Waals surface area (Å²) in [6.07, 6.45) is 0.301. The van der Waals surface area contributed by atoms with E-state index < -0.39 is 41.6 Å². The summed E-state index contributed by atoms with van der Waals surface area (Å²) < 4.78 is 37.1. The quantitative estimate of drug-likeness (QED) is 0.442. The molecule has 1 N–H and O–H groups in total. The summed E-state index contributed by atoms with van der Waals surface area (Å²) in [5, 5.41) is 11.4. The van der Waals surface area contributed by atoms with Crippen LogP contribution < -0.4 is 0 Å². The molecule has 2 saturated carbocycles. The van der Waals surface area contributed by atoms with Crippen molar-refractivity contribution in [2.45, 2.75) is 109 Å². The molecule has 13 atom stereocenters. The standard InChI is InChI=1S/C27H40O9/c1-6-13(2)22(30)36-24-27-18(11-17(34-24)21(29)26(27)12-32-26)25(5,14(3)9-20(27)33-15(4)28)19-10-16-7-8-31-23(16)35-19/h13-14,16-21,23-24,29H,6-12H2,1-5H3/t13?,14-,16-,17-,18-,19+,20+,21+,23+,24-,25+,26-,27+/m1/s1. The third-order valence-electron chi connectivity index (χ3n) is 10.9. The van der Waals surface area contributed by atoms with E-state index in [0.29, 0.717) is 31.8 Å². The molecule has 0 aromatic carbocycles. The molecule has 9 nitrogen and oxygen atoms in total. The maximum atomic E-state index is 13.1. The fraction of sp³-hybridized carbons (Fsp3) is 0.926. The Balaban J connectivity index is 1.47. The number of fused-ring (bicyclic) bond motifs is 2. The predicted octanol–water partition coefficient (Wildman–Crippen LogP) is 2.57. The van der Waals surface area contributed by atoms with Crippen LogP contribution in [0.25, 0.3) is 0 Å². The van der Waals surface area contributed by atoms with Gasteiger partial charge in [0, 0.05) is 18.3 Å². The first-order valence-electron chi connectivity index (χ1n) is 13.7. The molecule has 5 saturated heterocycles. The van der Waals surface area contributed by atoms with Gasteiger partial charge in [-0.3, -0.25) is 9.59 Å². The lowest BCUT2D eigenvalue weighted by molar-refractivity contribution is -0.397. The number of aliphatic hydroxyl groups is 1. The van der Waals surface area contributed by atoms with Gasteiger partial charge < -0.3 is 33.5 Å². The van der Waals surface area contributed by atoms with Crippen LogP contribution >= 0.6 is 0 Å². The minimum absolute atomic E-state index is 0.0684. The van der Waals surface area contributed by atoms with Gasteiger partial charge in [-0.2, -0.15) is 0 Å². The second-order valence-electron chi connectivity index (χ2n) is 12.3. The fourth-order valence-electron chi connectivity index (χ4n) is 8.48. The van der Waals surface area contributed by atoms with Crippen LogP contribution in [0.3, 0.4) is 0 Å². The van der Waals surface area contributed by atoms with Gasteiger partial charge in [-0.1, -0.05) is 27.7 Å². The number of carbonyl (C=O) groups is 2. The Bertz CT molecular complexity index is 907. The normalized spacial score (nSPS) is 53.6. The highest BCUT2D eigenvalue weighted by molar-refractivity contribution is 5.72. The minimum Gasteiger partial charge on any atom is -0.462 e. The molecular weight excluding hydrogens is 468 g/mol. The van der Waals surface area contributed by atoms with Gasteiger partial charge in [0.15, 0.2) is 6.29 Å². The van der Waals surface area contributed by atoms with E-state index >= 15 is 0 Å². The Labute approximate surface area is 212 Å². The monoisotopic (exact) mass is 508 g/mol. The summed E-state index contributed by atoms with van der Waals surface area (Å²) in [5.74, 6) is -0.681. The molecule has 2 spiro atoms. The van der Waals surface area contributed by atoms with Crippen molar-refractivity contribution < 1.29 is 43.1 Å². The van der Waals surface area contributed by atoms with Gasteiger partial charge in [0.2, 0.25) is 6.29 Å². The summed E-state index contributed by atoms with van der Waals surface area (Å²) in [6, 6.07) is 0. The van der Waals surface area contributed by atoms with Crippen LogP contribution in [0.2, 0.25) is 0 Å². The Morgan fingerprint density at radius 2 is 1.92 bits per heavy atom. The van der Waals surface area contributed by atoms with Gasteiger partial charge in [-0.15, -0.1) is 0 Å². The Kier molecular flexibility index (Phi) is 5.82. The lowest BCUT2D eigenvalue weighted by atomic mass is 9.40. The number of hydrogen-bond donors (Lipinski definition) is 1. The number of carbonyl (C=O) groups excluding carboxylic acids is 2. The molecule has 202 valence electrons. The summed E-state index contributed by atoms with van der Waals surface area (Å²) in [7, 11) is 0. The van der Waals surface area contributed by atoms with Crippen molar-refractivity contribution in [3.05, 3.63) is 0 Å². The molecule has 2 aliphatic carbocycles. The Morgan fingerprint density at radius 1 is 1.17 bits per heavy atom. The van der Waals surface area contributed by atoms with Crippen LogP contribution in [0.1, 0.15) is 66.7 Å². The first-order chi connectivity index (χ1) is 17.1. The molecular formula is C27H40O9. The third kappa shape index (κ3) is 3.12. The van der Waals surface area contributed by atoms with Crippen molar-refractivity contribution >= 4 is 11.9 Å². The highest BCUT2D eigenvalue weighted by Gasteiger charge is 2.86. The SMILES string of the molecule is CCC(C)C(=O)O[C@H]1O[C@@H]2C[C@@H]3[C@@](C)([C@@H]4C[C@H]5CCO[C@H]5O4)[C@H](C)C[C@H](OC(C)=O)[C@]13[C@@]1(CO1)[C@H]2O. The molecule has 9 heteroatoms. The summed E-state index contributed by atoms with van der Waals surface area (Å²) in [6.45, 7) is 10.7. The van der Waals surface area contributed by atoms with Crippen molar-refractivity contribution in [1.82, 2.24) is 0 Å². The first kappa shape index (κ1) is 25.0. The van der Waals surface area contributed by atoms with Gasteiger partial charge in [-0.25, -0.2) is 0 Å². The number of epoxide rings is 1.